The summed E-state index contributed by atoms with van der Waals surface area (Å²) in [5.74, 6) is 0.275. The third kappa shape index (κ3) is 2.54. The first-order valence-electron chi connectivity index (χ1n) is 5.18. The normalized spacial score (nSPS) is 11.6. The highest BCUT2D eigenvalue weighted by Gasteiger charge is 2.22. The number of carbonyl (C=O) groups excluding carboxylic acids is 1. The topological polar surface area (TPSA) is 77.9 Å². The average Bonchev–Trinajstić information content (AvgIpc) is 2.94. The van der Waals surface area contributed by atoms with Gasteiger partial charge in [-0.05, 0) is 11.5 Å². The highest BCUT2D eigenvalue weighted by Crippen LogP contribution is 2.28. The molecule has 2 rings (SSSR count). The number of rotatable bonds is 2. The fourth-order valence-corrected chi connectivity index (χ4v) is 2.71. The molecular weight excluding hydrogens is 272 g/mol. The Labute approximate surface area is 112 Å². The number of hydrogen-bond donors (Lipinski definition) is 0. The Morgan fingerprint density at radius 3 is 2.50 bits per heavy atom. The van der Waals surface area contributed by atoms with Gasteiger partial charge in [-0.25, -0.2) is 9.78 Å². The van der Waals surface area contributed by atoms with Crippen molar-refractivity contribution < 1.29 is 9.53 Å². The number of esters is 1. The summed E-state index contributed by atoms with van der Waals surface area (Å²) >= 11 is 2.41. The average molecular weight is 284 g/mol. The van der Waals surface area contributed by atoms with E-state index in [9.17, 15) is 4.79 Å². The SMILES string of the molecule is COC(=O)c1nnc(-c2nc(C(C)(C)C)ns2)s1. The standard InChI is InChI=1S/C10H12N4O2S2/c1-10(2,3)9-11-5(18-14-9)6-12-13-7(17-6)8(15)16-4/h1-4H3. The van der Waals surface area contributed by atoms with Crippen molar-refractivity contribution in [1.29, 1.82) is 0 Å². The Kier molecular flexibility index (Phi) is 3.40. The molecule has 0 fully saturated rings. The number of nitrogens with zero attached hydrogens (tertiary/aromatic N) is 4. The van der Waals surface area contributed by atoms with E-state index in [4.69, 9.17) is 0 Å². The Morgan fingerprint density at radius 2 is 1.94 bits per heavy atom. The van der Waals surface area contributed by atoms with Crippen molar-refractivity contribution in [3.8, 4) is 10.0 Å². The largest absolute Gasteiger partial charge is 0.464 e. The molecule has 0 unspecified atom stereocenters. The van der Waals surface area contributed by atoms with Crippen LogP contribution in [0.4, 0.5) is 0 Å². The van der Waals surface area contributed by atoms with Crippen LogP contribution >= 0.6 is 22.9 Å². The number of hydrogen-bond acceptors (Lipinski definition) is 8. The molecule has 8 heteroatoms. The molecule has 0 aliphatic carbocycles. The Bertz CT molecular complexity index is 570. The van der Waals surface area contributed by atoms with Gasteiger partial charge in [-0.2, -0.15) is 4.37 Å². The summed E-state index contributed by atoms with van der Waals surface area (Å²) in [5.41, 5.74) is -0.107. The fraction of sp³-hybridized carbons (Fsp3) is 0.500. The van der Waals surface area contributed by atoms with Crippen LogP contribution in [0.1, 0.15) is 36.4 Å². The zero-order chi connectivity index (χ0) is 13.3. The second kappa shape index (κ2) is 4.69. The fourth-order valence-electron chi connectivity index (χ4n) is 1.09. The van der Waals surface area contributed by atoms with Crippen LogP contribution in [0, 0.1) is 0 Å². The predicted molar refractivity (Wildman–Crippen MR) is 68.9 cm³/mol. The molecule has 0 saturated heterocycles. The minimum atomic E-state index is -0.487. The van der Waals surface area contributed by atoms with Crippen LogP contribution in [0.2, 0.25) is 0 Å². The van der Waals surface area contributed by atoms with E-state index in [0.29, 0.717) is 10.0 Å². The van der Waals surface area contributed by atoms with E-state index in [1.165, 1.54) is 18.6 Å². The lowest BCUT2D eigenvalue weighted by atomic mass is 9.96. The molecule has 0 amide bonds. The molecule has 6 nitrogen and oxygen atoms in total. The first kappa shape index (κ1) is 13.0. The highest BCUT2D eigenvalue weighted by atomic mass is 32.1. The Balaban J connectivity index is 2.30. The van der Waals surface area contributed by atoms with Crippen molar-refractivity contribution in [2.24, 2.45) is 0 Å². The van der Waals surface area contributed by atoms with Crippen molar-refractivity contribution >= 4 is 28.8 Å². The van der Waals surface area contributed by atoms with E-state index < -0.39 is 5.97 Å². The van der Waals surface area contributed by atoms with E-state index in [1.807, 2.05) is 20.8 Å². The van der Waals surface area contributed by atoms with E-state index in [1.54, 1.807) is 0 Å². The van der Waals surface area contributed by atoms with Crippen LogP contribution in [0.25, 0.3) is 10.0 Å². The summed E-state index contributed by atoms with van der Waals surface area (Å²) in [7, 11) is 1.31. The maximum Gasteiger partial charge on any atom is 0.369 e. The van der Waals surface area contributed by atoms with Crippen LogP contribution in [0.5, 0.6) is 0 Å². The second-order valence-corrected chi connectivity index (χ2v) is 6.31. The zero-order valence-electron chi connectivity index (χ0n) is 10.4. The quantitative estimate of drug-likeness (QED) is 0.786. The predicted octanol–water partition coefficient (Wildman–Crippen LogP) is 2.14. The molecule has 2 heterocycles. The summed E-state index contributed by atoms with van der Waals surface area (Å²) in [6.45, 7) is 6.12. The van der Waals surface area contributed by atoms with E-state index in [2.05, 4.69) is 24.3 Å². The van der Waals surface area contributed by atoms with Crippen molar-refractivity contribution in [2.75, 3.05) is 7.11 Å². The molecule has 0 aliphatic heterocycles. The summed E-state index contributed by atoms with van der Waals surface area (Å²) < 4.78 is 8.87. The molecule has 2 aromatic heterocycles. The molecule has 2 aromatic rings. The first-order chi connectivity index (χ1) is 8.41. The number of ether oxygens (including phenoxy) is 1. The van der Waals surface area contributed by atoms with Crippen molar-refractivity contribution in [1.82, 2.24) is 19.6 Å². The number of aromatic nitrogens is 4. The molecule has 0 N–H and O–H groups in total. The molecular formula is C10H12N4O2S2. The molecule has 18 heavy (non-hydrogen) atoms. The van der Waals surface area contributed by atoms with E-state index in [-0.39, 0.29) is 10.4 Å². The van der Waals surface area contributed by atoms with Gasteiger partial charge in [0.1, 0.15) is 5.82 Å². The molecule has 0 bridgehead atoms. The molecule has 0 spiro atoms. The minimum Gasteiger partial charge on any atom is -0.464 e. The Morgan fingerprint density at radius 1 is 1.22 bits per heavy atom. The van der Waals surface area contributed by atoms with Gasteiger partial charge >= 0.3 is 5.97 Å². The van der Waals surface area contributed by atoms with Crippen LogP contribution < -0.4 is 0 Å². The lowest BCUT2D eigenvalue weighted by molar-refractivity contribution is 0.0599. The third-order valence-electron chi connectivity index (χ3n) is 2.06. The van der Waals surface area contributed by atoms with Gasteiger partial charge in [-0.1, -0.05) is 32.1 Å². The van der Waals surface area contributed by atoms with Gasteiger partial charge in [-0.3, -0.25) is 0 Å². The van der Waals surface area contributed by atoms with Gasteiger partial charge in [0.25, 0.3) is 0 Å². The highest BCUT2D eigenvalue weighted by molar-refractivity contribution is 7.20. The lowest BCUT2D eigenvalue weighted by Gasteiger charge is -2.11. The van der Waals surface area contributed by atoms with Gasteiger partial charge in [0.2, 0.25) is 5.01 Å². The number of methoxy groups -OCH3 is 1. The van der Waals surface area contributed by atoms with E-state index in [0.717, 1.165) is 17.2 Å². The molecule has 0 radical (unpaired) electrons. The van der Waals surface area contributed by atoms with E-state index >= 15 is 0 Å². The maximum atomic E-state index is 11.3. The van der Waals surface area contributed by atoms with Gasteiger partial charge in [0.15, 0.2) is 10.0 Å². The van der Waals surface area contributed by atoms with Crippen LogP contribution in [-0.4, -0.2) is 32.6 Å². The molecule has 0 saturated carbocycles. The minimum absolute atomic E-state index is 0.107. The van der Waals surface area contributed by atoms with Gasteiger partial charge in [-0.15, -0.1) is 10.2 Å². The van der Waals surface area contributed by atoms with Gasteiger partial charge < -0.3 is 4.74 Å². The summed E-state index contributed by atoms with van der Waals surface area (Å²) in [6, 6.07) is 0. The summed E-state index contributed by atoms with van der Waals surface area (Å²) in [4.78, 5) is 15.7. The van der Waals surface area contributed by atoms with Crippen LogP contribution in [0.15, 0.2) is 0 Å². The monoisotopic (exact) mass is 284 g/mol. The van der Waals surface area contributed by atoms with Gasteiger partial charge in [0.05, 0.1) is 7.11 Å². The molecule has 96 valence electrons. The van der Waals surface area contributed by atoms with Crippen molar-refractivity contribution in [3.63, 3.8) is 0 Å². The maximum absolute atomic E-state index is 11.3. The van der Waals surface area contributed by atoms with Crippen molar-refractivity contribution in [3.05, 3.63) is 10.8 Å². The third-order valence-corrected chi connectivity index (χ3v) is 3.83. The Hall–Kier alpha value is -1.41. The summed E-state index contributed by atoms with van der Waals surface area (Å²) in [5, 5.41) is 9.18. The molecule has 0 atom stereocenters. The summed E-state index contributed by atoms with van der Waals surface area (Å²) in [6.07, 6.45) is 0. The first-order valence-corrected chi connectivity index (χ1v) is 6.77. The smallest absolute Gasteiger partial charge is 0.369 e. The molecule has 0 aliphatic rings. The van der Waals surface area contributed by atoms with Crippen LogP contribution in [0.3, 0.4) is 0 Å². The zero-order valence-corrected chi connectivity index (χ0v) is 12.1. The van der Waals surface area contributed by atoms with Crippen LogP contribution in [-0.2, 0) is 10.2 Å². The van der Waals surface area contributed by atoms with Gasteiger partial charge in [0, 0.05) is 5.41 Å². The molecule has 0 aromatic carbocycles. The lowest BCUT2D eigenvalue weighted by Crippen LogP contribution is -2.12. The number of carbonyl (C=O) groups is 1. The second-order valence-electron chi connectivity index (χ2n) is 4.58. The van der Waals surface area contributed by atoms with Crippen molar-refractivity contribution in [2.45, 2.75) is 26.2 Å².